The fourth-order valence-corrected chi connectivity index (χ4v) is 7.92. The molecule has 1 amide bonds. The lowest BCUT2D eigenvalue weighted by atomic mass is 9.91. The Morgan fingerprint density at radius 2 is 1.69 bits per heavy atom. The summed E-state index contributed by atoms with van der Waals surface area (Å²) in [7, 11) is -1.66. The summed E-state index contributed by atoms with van der Waals surface area (Å²) in [6, 6.07) is 19.8. The van der Waals surface area contributed by atoms with Gasteiger partial charge in [0.1, 0.15) is 5.82 Å². The first-order valence-electron chi connectivity index (χ1n) is 18.1. The number of carbonyl (C=O) groups is 1. The molecule has 2 heterocycles. The van der Waals surface area contributed by atoms with Crippen LogP contribution in [-0.4, -0.2) is 63.4 Å². The van der Waals surface area contributed by atoms with Crippen molar-refractivity contribution < 1.29 is 13.6 Å². The Morgan fingerprint density at radius 1 is 0.979 bits per heavy atom. The van der Waals surface area contributed by atoms with Crippen LogP contribution in [0.25, 0.3) is 10.8 Å². The summed E-state index contributed by atoms with van der Waals surface area (Å²) in [4.78, 5) is 18.0. The summed E-state index contributed by atoms with van der Waals surface area (Å²) < 4.78 is 19.9. The molecule has 0 aromatic heterocycles. The Labute approximate surface area is 289 Å². The molecule has 259 valence electrons. The van der Waals surface area contributed by atoms with E-state index in [1.54, 1.807) is 6.07 Å². The molecule has 5 nitrogen and oxygen atoms in total. The van der Waals surface area contributed by atoms with E-state index in [-0.39, 0.29) is 28.7 Å². The first kappa shape index (κ1) is 36.3. The maximum Gasteiger partial charge on any atom is 0.223 e. The van der Waals surface area contributed by atoms with E-state index < -0.39 is 8.32 Å². The predicted octanol–water partition coefficient (Wildman–Crippen LogP) is 8.54. The second kappa shape index (κ2) is 16.1. The Balaban J connectivity index is 1.12. The summed E-state index contributed by atoms with van der Waals surface area (Å²) in [5.41, 5.74) is 3.21. The molecule has 3 aromatic carbocycles. The van der Waals surface area contributed by atoms with E-state index in [0.29, 0.717) is 12.5 Å². The third kappa shape index (κ3) is 9.35. The summed E-state index contributed by atoms with van der Waals surface area (Å²) in [5, 5.41) is 5.77. The molecule has 0 spiro atoms. The van der Waals surface area contributed by atoms with E-state index in [0.717, 1.165) is 82.6 Å². The molecule has 1 atom stereocenters. The number of hydrogen-bond acceptors (Lipinski definition) is 4. The minimum atomic E-state index is -1.66. The van der Waals surface area contributed by atoms with E-state index in [1.807, 2.05) is 6.07 Å². The van der Waals surface area contributed by atoms with Crippen molar-refractivity contribution in [2.24, 2.45) is 11.8 Å². The van der Waals surface area contributed by atoms with Gasteiger partial charge in [0, 0.05) is 43.1 Å². The fourth-order valence-electron chi connectivity index (χ4n) is 6.83. The van der Waals surface area contributed by atoms with Crippen molar-refractivity contribution in [3.05, 3.63) is 83.2 Å². The van der Waals surface area contributed by atoms with E-state index in [1.165, 1.54) is 28.5 Å². The predicted molar refractivity (Wildman–Crippen MR) is 199 cm³/mol. The highest BCUT2D eigenvalue weighted by atomic mass is 28.4. The average molecular weight is 670 g/mol. The Bertz CT molecular complexity index is 1590. The maximum absolute atomic E-state index is 13.5. The van der Waals surface area contributed by atoms with E-state index in [9.17, 15) is 9.18 Å². The molecule has 48 heavy (non-hydrogen) atoms. The van der Waals surface area contributed by atoms with Gasteiger partial charge >= 0.3 is 0 Å². The number of likely N-dealkylation sites (tertiary alicyclic amines) is 2. The van der Waals surface area contributed by atoms with Gasteiger partial charge in [-0.1, -0.05) is 75.1 Å². The van der Waals surface area contributed by atoms with Crippen molar-refractivity contribution in [3.63, 3.8) is 0 Å². The van der Waals surface area contributed by atoms with E-state index in [2.05, 4.69) is 104 Å². The monoisotopic (exact) mass is 669 g/mol. The highest BCUT2D eigenvalue weighted by molar-refractivity contribution is 6.74. The van der Waals surface area contributed by atoms with Gasteiger partial charge in [0.05, 0.1) is 0 Å². The minimum Gasteiger partial charge on any atom is -0.564 e. The van der Waals surface area contributed by atoms with Crippen molar-refractivity contribution >= 4 is 25.0 Å². The van der Waals surface area contributed by atoms with Crippen LogP contribution >= 0.6 is 0 Å². The molecule has 0 radical (unpaired) electrons. The lowest BCUT2D eigenvalue weighted by Crippen LogP contribution is -2.41. The molecule has 2 aliphatic heterocycles. The lowest BCUT2D eigenvalue weighted by Gasteiger charge is -2.48. The molecule has 1 unspecified atom stereocenters. The molecule has 1 N–H and O–H groups in total. The van der Waals surface area contributed by atoms with Gasteiger partial charge in [-0.15, -0.1) is 18.1 Å². The zero-order chi connectivity index (χ0) is 34.3. The number of rotatable bonds is 10. The van der Waals surface area contributed by atoms with Gasteiger partial charge in [0.2, 0.25) is 5.91 Å². The third-order valence-electron chi connectivity index (χ3n) is 11.1. The number of carbonyl (C=O) groups excluding carboxylic acids is 1. The van der Waals surface area contributed by atoms with Crippen LogP contribution in [0.3, 0.4) is 0 Å². The normalized spacial score (nSPS) is 18.0. The van der Waals surface area contributed by atoms with Gasteiger partial charge < -0.3 is 14.6 Å². The highest BCUT2D eigenvalue weighted by Crippen LogP contribution is 2.37. The molecule has 0 aliphatic carbocycles. The average Bonchev–Trinajstić information content (AvgIpc) is 3.08. The summed E-state index contributed by atoms with van der Waals surface area (Å²) >= 11 is 0. The van der Waals surface area contributed by atoms with Crippen LogP contribution in [0.2, 0.25) is 18.1 Å². The Kier molecular flexibility index (Phi) is 12.2. The zero-order valence-electron chi connectivity index (χ0n) is 30.1. The van der Waals surface area contributed by atoms with Crippen LogP contribution in [-0.2, 0) is 15.8 Å². The number of hydrogen-bond donors (Lipinski definition) is 1. The molecular formula is C41H56FN3O2Si-. The minimum absolute atomic E-state index is 0.00960. The highest BCUT2D eigenvalue weighted by Gasteiger charge is 2.29. The molecule has 0 bridgehead atoms. The van der Waals surface area contributed by atoms with Crippen molar-refractivity contribution in [2.75, 3.05) is 39.3 Å². The lowest BCUT2D eigenvalue weighted by molar-refractivity contribution is -0.126. The van der Waals surface area contributed by atoms with Crippen LogP contribution in [0.4, 0.5) is 4.39 Å². The summed E-state index contributed by atoms with van der Waals surface area (Å²) in [6.45, 7) is 20.2. The molecule has 2 fully saturated rings. The smallest absolute Gasteiger partial charge is 0.223 e. The van der Waals surface area contributed by atoms with Gasteiger partial charge in [-0.05, 0) is 114 Å². The molecule has 5 rings (SSSR count). The molecule has 7 heteroatoms. The van der Waals surface area contributed by atoms with Gasteiger partial charge in [-0.25, -0.2) is 4.39 Å². The Hall–Kier alpha value is -3.02. The molecule has 3 aromatic rings. The van der Waals surface area contributed by atoms with Crippen LogP contribution in [0, 0.1) is 29.5 Å². The van der Waals surface area contributed by atoms with E-state index >= 15 is 0 Å². The number of piperidine rings is 2. The van der Waals surface area contributed by atoms with Gasteiger partial charge in [-0.3, -0.25) is 9.69 Å². The van der Waals surface area contributed by atoms with Crippen LogP contribution in [0.5, 0.6) is 0 Å². The number of benzene rings is 3. The molecular weight excluding hydrogens is 614 g/mol. The van der Waals surface area contributed by atoms with Crippen molar-refractivity contribution in [1.29, 1.82) is 0 Å². The van der Waals surface area contributed by atoms with Crippen LogP contribution in [0.15, 0.2) is 60.7 Å². The van der Waals surface area contributed by atoms with Crippen LogP contribution in [0.1, 0.15) is 82.5 Å². The van der Waals surface area contributed by atoms with Gasteiger partial charge in [0.15, 0.2) is 0 Å². The fraction of sp³-hybridized carbons (Fsp3) is 0.537. The summed E-state index contributed by atoms with van der Waals surface area (Å²) in [5.74, 6) is 7.45. The van der Waals surface area contributed by atoms with Gasteiger partial charge in [0.25, 0.3) is 0 Å². The van der Waals surface area contributed by atoms with Gasteiger partial charge in [-0.2, -0.15) is 0 Å². The number of amides is 1. The molecule has 2 aliphatic rings. The Morgan fingerprint density at radius 3 is 2.38 bits per heavy atom. The van der Waals surface area contributed by atoms with Crippen molar-refractivity contribution in [1.82, 2.24) is 15.1 Å². The standard InChI is InChI=1S/C41H56FN3O2Si/c1-31(45-26-21-35(22-27-45)40(46)43-30-33-11-9-12-36(42)29-33)37-18-17-34(38-13-7-8-14-39(37)38)16-15-32-19-24-44(25-20-32)23-10-28-47-48(5,6)41(2,3)4/h7-9,11-14,17-18,29,31-32,35H,10,19-28,30H2,1-6H3,(H,43,46)/q-1. The number of fused-ring (bicyclic) bond motifs is 1. The SMILES string of the molecule is CC(c1ccc(C#CC2CCN(CCCO[Si-](C)(C)C(C)(C)C)CC2)c2ccccc12)N1CCC(C(=O)NCc2cccc(F)c2)CC1. The maximum atomic E-state index is 13.5. The molecule has 2 saturated heterocycles. The zero-order valence-corrected chi connectivity index (χ0v) is 31.1. The quantitative estimate of drug-likeness (QED) is 0.134. The molecule has 0 saturated carbocycles. The topological polar surface area (TPSA) is 44.8 Å². The summed E-state index contributed by atoms with van der Waals surface area (Å²) in [6.07, 6.45) is 5.00. The van der Waals surface area contributed by atoms with E-state index in [4.69, 9.17) is 4.43 Å². The second-order valence-corrected chi connectivity index (χ2v) is 20.2. The van der Waals surface area contributed by atoms with Crippen molar-refractivity contribution in [3.8, 4) is 11.8 Å². The first-order chi connectivity index (χ1) is 22.9. The third-order valence-corrected chi connectivity index (χ3v) is 15.6. The van der Waals surface area contributed by atoms with Crippen LogP contribution < -0.4 is 5.32 Å². The second-order valence-electron chi connectivity index (χ2n) is 15.4. The first-order valence-corrected chi connectivity index (χ1v) is 21.0. The van der Waals surface area contributed by atoms with Crippen molar-refractivity contribution in [2.45, 2.75) is 90.5 Å². The number of nitrogens with zero attached hydrogens (tertiary/aromatic N) is 2. The number of halogens is 1. The number of nitrogens with one attached hydrogen (secondary N) is 1. The largest absolute Gasteiger partial charge is 0.564 e.